The van der Waals surface area contributed by atoms with Crippen LogP contribution in [0.2, 0.25) is 0 Å². The minimum Gasteiger partial charge on any atom is -0.352 e. The van der Waals surface area contributed by atoms with Crippen LogP contribution in [-0.4, -0.2) is 26.6 Å². The van der Waals surface area contributed by atoms with E-state index in [0.717, 1.165) is 12.1 Å². The van der Waals surface area contributed by atoms with Crippen molar-refractivity contribution in [3.63, 3.8) is 0 Å². The maximum Gasteiger partial charge on any atom is 0.233 e. The van der Waals surface area contributed by atoms with Crippen LogP contribution in [0.3, 0.4) is 0 Å². The smallest absolute Gasteiger partial charge is 0.233 e. The van der Waals surface area contributed by atoms with E-state index in [9.17, 15) is 22.0 Å². The fourth-order valence-corrected chi connectivity index (χ4v) is 2.93. The van der Waals surface area contributed by atoms with Gasteiger partial charge < -0.3 is 5.32 Å². The third-order valence-corrected chi connectivity index (χ3v) is 4.00. The van der Waals surface area contributed by atoms with Crippen LogP contribution in [0.15, 0.2) is 30.9 Å². The molecule has 1 aromatic carbocycles. The van der Waals surface area contributed by atoms with Gasteiger partial charge in [-0.3, -0.25) is 9.52 Å². The molecule has 0 spiro atoms. The Bertz CT molecular complexity index is 632. The Hall–Kier alpha value is -1.96. The first-order valence-electron chi connectivity index (χ1n) is 6.09. The molecule has 0 aliphatic rings. The van der Waals surface area contributed by atoms with Gasteiger partial charge in [-0.1, -0.05) is 13.0 Å². The van der Waals surface area contributed by atoms with Crippen molar-refractivity contribution in [2.75, 3.05) is 17.0 Å². The molecule has 1 unspecified atom stereocenters. The van der Waals surface area contributed by atoms with Crippen LogP contribution in [-0.2, 0) is 14.8 Å². The lowest BCUT2D eigenvalue weighted by molar-refractivity contribution is -0.123. The second-order valence-electron chi connectivity index (χ2n) is 4.44. The van der Waals surface area contributed by atoms with Crippen molar-refractivity contribution in [1.82, 2.24) is 5.32 Å². The van der Waals surface area contributed by atoms with Crippen molar-refractivity contribution in [2.24, 2.45) is 5.92 Å². The summed E-state index contributed by atoms with van der Waals surface area (Å²) in [6, 6.07) is 2.48. The predicted octanol–water partition coefficient (Wildman–Crippen LogP) is 1.64. The normalized spacial score (nSPS) is 12.5. The summed E-state index contributed by atoms with van der Waals surface area (Å²) in [7, 11) is -3.94. The van der Waals surface area contributed by atoms with E-state index in [-0.39, 0.29) is 12.2 Å². The van der Waals surface area contributed by atoms with Gasteiger partial charge in [-0.2, -0.15) is 0 Å². The molecule has 0 fully saturated rings. The molecule has 1 atom stereocenters. The van der Waals surface area contributed by atoms with Gasteiger partial charge in [0.2, 0.25) is 15.9 Å². The Morgan fingerprint density at radius 2 is 2.10 bits per heavy atom. The summed E-state index contributed by atoms with van der Waals surface area (Å²) in [5.41, 5.74) is -0.366. The number of nitrogens with one attached hydrogen (secondary N) is 2. The lowest BCUT2D eigenvalue weighted by Gasteiger charge is -2.13. The SMILES string of the molecule is C=CCNC(=O)C(C)CS(=O)(=O)Nc1ccc(F)cc1F. The first-order valence-corrected chi connectivity index (χ1v) is 7.74. The van der Waals surface area contributed by atoms with E-state index >= 15 is 0 Å². The summed E-state index contributed by atoms with van der Waals surface area (Å²) in [6.07, 6.45) is 1.46. The topological polar surface area (TPSA) is 75.3 Å². The van der Waals surface area contributed by atoms with E-state index in [1.165, 1.54) is 13.0 Å². The summed E-state index contributed by atoms with van der Waals surface area (Å²) < 4.78 is 51.8. The number of rotatable bonds is 7. The molecule has 21 heavy (non-hydrogen) atoms. The molecule has 0 aliphatic heterocycles. The molecule has 0 aromatic heterocycles. The fraction of sp³-hybridized carbons (Fsp3) is 0.308. The quantitative estimate of drug-likeness (QED) is 0.751. The van der Waals surface area contributed by atoms with Crippen LogP contribution < -0.4 is 10.0 Å². The molecule has 0 bridgehead atoms. The molecule has 0 aliphatic carbocycles. The summed E-state index contributed by atoms with van der Waals surface area (Å²) in [4.78, 5) is 11.6. The number of carbonyl (C=O) groups excluding carboxylic acids is 1. The zero-order valence-corrected chi connectivity index (χ0v) is 12.2. The summed E-state index contributed by atoms with van der Waals surface area (Å²) in [5.74, 6) is -3.65. The van der Waals surface area contributed by atoms with E-state index in [0.29, 0.717) is 6.07 Å². The molecule has 1 amide bonds. The van der Waals surface area contributed by atoms with Crippen LogP contribution in [0.25, 0.3) is 0 Å². The number of carbonyl (C=O) groups is 1. The lowest BCUT2D eigenvalue weighted by atomic mass is 10.2. The Morgan fingerprint density at radius 3 is 2.67 bits per heavy atom. The molecule has 116 valence electrons. The van der Waals surface area contributed by atoms with Gasteiger partial charge in [-0.15, -0.1) is 6.58 Å². The highest BCUT2D eigenvalue weighted by atomic mass is 32.2. The molecular weight excluding hydrogens is 302 g/mol. The number of hydrogen-bond donors (Lipinski definition) is 2. The molecule has 0 saturated carbocycles. The Kier molecular flexibility index (Phi) is 5.83. The number of amides is 1. The Balaban J connectivity index is 2.73. The van der Waals surface area contributed by atoms with Gasteiger partial charge in [0.05, 0.1) is 17.4 Å². The first-order chi connectivity index (χ1) is 9.75. The van der Waals surface area contributed by atoms with Crippen molar-refractivity contribution in [1.29, 1.82) is 0 Å². The molecule has 2 N–H and O–H groups in total. The Labute approximate surface area is 122 Å². The zero-order chi connectivity index (χ0) is 16.0. The molecule has 1 aromatic rings. The van der Waals surface area contributed by atoms with Gasteiger partial charge in [-0.05, 0) is 12.1 Å². The van der Waals surface area contributed by atoms with Crippen molar-refractivity contribution >= 4 is 21.6 Å². The van der Waals surface area contributed by atoms with Crippen molar-refractivity contribution in [2.45, 2.75) is 6.92 Å². The number of hydrogen-bond acceptors (Lipinski definition) is 3. The summed E-state index contributed by atoms with van der Waals surface area (Å²) in [5, 5.41) is 2.46. The maximum atomic E-state index is 13.4. The number of halogens is 2. The van der Waals surface area contributed by atoms with E-state index < -0.39 is 39.2 Å². The van der Waals surface area contributed by atoms with Gasteiger partial charge in [0.25, 0.3) is 0 Å². The molecule has 1 rings (SSSR count). The summed E-state index contributed by atoms with van der Waals surface area (Å²) >= 11 is 0. The minimum atomic E-state index is -3.94. The largest absolute Gasteiger partial charge is 0.352 e. The molecule has 0 heterocycles. The second-order valence-corrected chi connectivity index (χ2v) is 6.21. The Morgan fingerprint density at radius 1 is 1.43 bits per heavy atom. The molecule has 5 nitrogen and oxygen atoms in total. The molecule has 8 heteroatoms. The van der Waals surface area contributed by atoms with Crippen LogP contribution in [0.1, 0.15) is 6.92 Å². The third-order valence-electron chi connectivity index (χ3n) is 2.53. The van der Waals surface area contributed by atoms with Gasteiger partial charge in [0.15, 0.2) is 0 Å². The zero-order valence-electron chi connectivity index (χ0n) is 11.4. The van der Waals surface area contributed by atoms with E-state index in [2.05, 4.69) is 11.9 Å². The third kappa shape index (κ3) is 5.50. The number of sulfonamides is 1. The van der Waals surface area contributed by atoms with Crippen LogP contribution in [0.4, 0.5) is 14.5 Å². The highest BCUT2D eigenvalue weighted by molar-refractivity contribution is 7.92. The standard InChI is InChI=1S/C13H16F2N2O3S/c1-3-6-16-13(18)9(2)8-21(19,20)17-12-5-4-10(14)7-11(12)15/h3-5,7,9,17H,1,6,8H2,2H3,(H,16,18). The van der Waals surface area contributed by atoms with Crippen LogP contribution in [0, 0.1) is 17.6 Å². The minimum absolute atomic E-state index is 0.225. The maximum absolute atomic E-state index is 13.4. The van der Waals surface area contributed by atoms with Crippen molar-refractivity contribution in [3.8, 4) is 0 Å². The van der Waals surface area contributed by atoms with E-state index in [1.807, 2.05) is 4.72 Å². The van der Waals surface area contributed by atoms with E-state index in [4.69, 9.17) is 0 Å². The average molecular weight is 318 g/mol. The summed E-state index contributed by atoms with van der Waals surface area (Å²) in [6.45, 7) is 5.08. The van der Waals surface area contributed by atoms with Crippen LogP contribution in [0.5, 0.6) is 0 Å². The molecule has 0 saturated heterocycles. The fourth-order valence-electron chi connectivity index (χ4n) is 1.53. The molecular formula is C13H16F2N2O3S. The highest BCUT2D eigenvalue weighted by Crippen LogP contribution is 2.17. The number of anilines is 1. The second kappa shape index (κ2) is 7.16. The highest BCUT2D eigenvalue weighted by Gasteiger charge is 2.22. The predicted molar refractivity (Wildman–Crippen MR) is 76.1 cm³/mol. The van der Waals surface area contributed by atoms with Crippen LogP contribution >= 0.6 is 0 Å². The van der Waals surface area contributed by atoms with Gasteiger partial charge in [0, 0.05) is 12.6 Å². The van der Waals surface area contributed by atoms with Gasteiger partial charge in [0.1, 0.15) is 11.6 Å². The first kappa shape index (κ1) is 17.1. The van der Waals surface area contributed by atoms with Crippen molar-refractivity contribution in [3.05, 3.63) is 42.5 Å². The molecule has 0 radical (unpaired) electrons. The number of benzene rings is 1. The van der Waals surface area contributed by atoms with Crippen molar-refractivity contribution < 1.29 is 22.0 Å². The van der Waals surface area contributed by atoms with E-state index in [1.54, 1.807) is 0 Å². The average Bonchev–Trinajstić information content (AvgIpc) is 2.38. The van der Waals surface area contributed by atoms with Gasteiger partial charge in [-0.25, -0.2) is 17.2 Å². The monoisotopic (exact) mass is 318 g/mol. The lowest BCUT2D eigenvalue weighted by Crippen LogP contribution is -2.34. The van der Waals surface area contributed by atoms with Gasteiger partial charge >= 0.3 is 0 Å².